The van der Waals surface area contributed by atoms with E-state index < -0.39 is 5.91 Å². The van der Waals surface area contributed by atoms with Gasteiger partial charge in [-0.05, 0) is 31.5 Å². The van der Waals surface area contributed by atoms with Gasteiger partial charge in [0.2, 0.25) is 5.89 Å². The van der Waals surface area contributed by atoms with Crippen molar-refractivity contribution in [1.29, 1.82) is 0 Å². The zero-order chi connectivity index (χ0) is 15.8. The summed E-state index contributed by atoms with van der Waals surface area (Å²) in [6.45, 7) is 1.62. The summed E-state index contributed by atoms with van der Waals surface area (Å²) in [4.78, 5) is 22.1. The molecule has 8 nitrogen and oxygen atoms in total. The number of imidazole rings is 1. The zero-order valence-corrected chi connectivity index (χ0v) is 12.4. The molecule has 1 atom stereocenters. The van der Waals surface area contributed by atoms with E-state index >= 15 is 0 Å². The number of hydrogen-bond acceptors (Lipinski definition) is 6. The number of hydrogen-bond donors (Lipinski definition) is 1. The number of nitrogens with zero attached hydrogens (tertiary/aromatic N) is 5. The number of carbonyl (C=O) groups is 1. The molecule has 0 saturated carbocycles. The van der Waals surface area contributed by atoms with E-state index in [2.05, 4.69) is 20.0 Å². The van der Waals surface area contributed by atoms with Crippen LogP contribution >= 0.6 is 0 Å². The third-order valence-corrected chi connectivity index (χ3v) is 4.09. The summed E-state index contributed by atoms with van der Waals surface area (Å²) >= 11 is 0. The monoisotopic (exact) mass is 312 g/mol. The van der Waals surface area contributed by atoms with Gasteiger partial charge in [0.15, 0.2) is 0 Å². The Hall–Kier alpha value is -2.74. The summed E-state index contributed by atoms with van der Waals surface area (Å²) in [5, 5.41) is 3.63. The number of rotatable bonds is 4. The molecule has 0 aliphatic carbocycles. The van der Waals surface area contributed by atoms with E-state index in [0.717, 1.165) is 30.7 Å². The largest absolute Gasteiger partial charge is 0.363 e. The van der Waals surface area contributed by atoms with Crippen LogP contribution in [0.25, 0.3) is 5.65 Å². The average Bonchev–Trinajstić information content (AvgIpc) is 3.25. The summed E-state index contributed by atoms with van der Waals surface area (Å²) in [6.07, 6.45) is 5.94. The lowest BCUT2D eigenvalue weighted by Gasteiger charge is -2.19. The molecule has 1 fully saturated rings. The van der Waals surface area contributed by atoms with Crippen molar-refractivity contribution in [2.24, 2.45) is 5.73 Å². The molecule has 1 saturated heterocycles. The van der Waals surface area contributed by atoms with Crippen molar-refractivity contribution in [2.45, 2.75) is 25.4 Å². The summed E-state index contributed by atoms with van der Waals surface area (Å²) in [5.41, 5.74) is 7.08. The lowest BCUT2D eigenvalue weighted by Crippen LogP contribution is -2.23. The molecular weight excluding hydrogens is 296 g/mol. The second-order valence-electron chi connectivity index (χ2n) is 5.65. The van der Waals surface area contributed by atoms with Crippen LogP contribution in [-0.4, -0.2) is 36.9 Å². The highest BCUT2D eigenvalue weighted by atomic mass is 16.5. The molecule has 4 heterocycles. The first-order valence-corrected chi connectivity index (χ1v) is 7.51. The van der Waals surface area contributed by atoms with Gasteiger partial charge in [0, 0.05) is 18.9 Å². The molecule has 0 spiro atoms. The topological polar surface area (TPSA) is 103 Å². The normalized spacial score (nSPS) is 18.7. The van der Waals surface area contributed by atoms with Crippen LogP contribution in [0.2, 0.25) is 0 Å². The van der Waals surface area contributed by atoms with Crippen LogP contribution in [0.15, 0.2) is 35.1 Å². The molecule has 0 bridgehead atoms. The Balaban J connectivity index is 1.56. The Kier molecular flexibility index (Phi) is 3.30. The quantitative estimate of drug-likeness (QED) is 0.775. The SMILES string of the molecule is NC(=O)c1noc([C@@H]2CCCN2Cc2cn3ccccc3n2)n1. The minimum atomic E-state index is -0.676. The maximum Gasteiger partial charge on any atom is 0.290 e. The van der Waals surface area contributed by atoms with Crippen LogP contribution in [0.4, 0.5) is 0 Å². The van der Waals surface area contributed by atoms with E-state index in [4.69, 9.17) is 10.3 Å². The molecule has 3 aromatic rings. The lowest BCUT2D eigenvalue weighted by atomic mass is 10.2. The number of pyridine rings is 1. The Bertz CT molecular complexity index is 821. The predicted octanol–water partition coefficient (Wildman–Crippen LogP) is 1.15. The van der Waals surface area contributed by atoms with E-state index in [9.17, 15) is 4.79 Å². The van der Waals surface area contributed by atoms with Gasteiger partial charge in [0.1, 0.15) is 5.65 Å². The fourth-order valence-corrected chi connectivity index (χ4v) is 3.04. The Morgan fingerprint density at radius 2 is 2.30 bits per heavy atom. The Labute approximate surface area is 131 Å². The first-order chi connectivity index (χ1) is 11.2. The number of likely N-dealkylation sites (tertiary alicyclic amines) is 1. The van der Waals surface area contributed by atoms with E-state index in [1.54, 1.807) is 0 Å². The second kappa shape index (κ2) is 5.47. The van der Waals surface area contributed by atoms with Crippen molar-refractivity contribution in [1.82, 2.24) is 24.4 Å². The van der Waals surface area contributed by atoms with Crippen LogP contribution in [0, 0.1) is 0 Å². The third-order valence-electron chi connectivity index (χ3n) is 4.09. The maximum absolute atomic E-state index is 11.1. The molecule has 4 rings (SSSR count). The van der Waals surface area contributed by atoms with Crippen LogP contribution in [0.5, 0.6) is 0 Å². The molecule has 3 aromatic heterocycles. The van der Waals surface area contributed by atoms with Crippen molar-refractivity contribution in [3.8, 4) is 0 Å². The zero-order valence-electron chi connectivity index (χ0n) is 12.4. The highest BCUT2D eigenvalue weighted by Gasteiger charge is 2.31. The summed E-state index contributed by atoms with van der Waals surface area (Å²) in [6, 6.07) is 5.91. The smallest absolute Gasteiger partial charge is 0.290 e. The van der Waals surface area contributed by atoms with Crippen LogP contribution < -0.4 is 5.73 Å². The highest BCUT2D eigenvalue weighted by Crippen LogP contribution is 2.32. The second-order valence-corrected chi connectivity index (χ2v) is 5.65. The average molecular weight is 312 g/mol. The van der Waals surface area contributed by atoms with Crippen LogP contribution in [0.3, 0.4) is 0 Å². The number of primary amides is 1. The highest BCUT2D eigenvalue weighted by molar-refractivity contribution is 5.88. The molecular formula is C15H16N6O2. The van der Waals surface area contributed by atoms with Crippen LogP contribution in [0.1, 0.15) is 41.1 Å². The van der Waals surface area contributed by atoms with Gasteiger partial charge in [-0.2, -0.15) is 4.98 Å². The molecule has 1 amide bonds. The standard InChI is InChI=1S/C15H16N6O2/c16-13(22)14-18-15(23-19-14)11-4-3-7-20(11)8-10-9-21-6-2-1-5-12(21)17-10/h1-2,5-6,9,11H,3-4,7-8H2,(H2,16,22)/t11-/m0/s1. The lowest BCUT2D eigenvalue weighted by molar-refractivity contribution is 0.0987. The number of amides is 1. The van der Waals surface area contributed by atoms with E-state index in [1.807, 2.05) is 35.0 Å². The molecule has 118 valence electrons. The molecule has 23 heavy (non-hydrogen) atoms. The number of aromatic nitrogens is 4. The van der Waals surface area contributed by atoms with Gasteiger partial charge in [0.05, 0.1) is 11.7 Å². The summed E-state index contributed by atoms with van der Waals surface area (Å²) < 4.78 is 7.21. The van der Waals surface area contributed by atoms with Crippen LogP contribution in [-0.2, 0) is 6.54 Å². The Morgan fingerprint density at radius 1 is 1.39 bits per heavy atom. The molecule has 0 aromatic carbocycles. The Morgan fingerprint density at radius 3 is 3.09 bits per heavy atom. The first kappa shape index (κ1) is 13.9. The number of nitrogens with two attached hydrogens (primary N) is 1. The summed E-state index contributed by atoms with van der Waals surface area (Å²) in [5.74, 6) is -0.301. The van der Waals surface area contributed by atoms with Crippen molar-refractivity contribution >= 4 is 11.6 Å². The van der Waals surface area contributed by atoms with Crippen molar-refractivity contribution in [3.05, 3.63) is 48.0 Å². The third kappa shape index (κ3) is 2.57. The van der Waals surface area contributed by atoms with Gasteiger partial charge in [0.25, 0.3) is 11.7 Å². The van der Waals surface area contributed by atoms with Crippen molar-refractivity contribution < 1.29 is 9.32 Å². The van der Waals surface area contributed by atoms with Gasteiger partial charge < -0.3 is 14.7 Å². The fraction of sp³-hybridized carbons (Fsp3) is 0.333. The van der Waals surface area contributed by atoms with Gasteiger partial charge in [-0.25, -0.2) is 4.98 Å². The van der Waals surface area contributed by atoms with Crippen molar-refractivity contribution in [2.75, 3.05) is 6.54 Å². The van der Waals surface area contributed by atoms with Gasteiger partial charge >= 0.3 is 0 Å². The minimum Gasteiger partial charge on any atom is -0.363 e. The number of fused-ring (bicyclic) bond motifs is 1. The minimum absolute atomic E-state index is 0.000382. The predicted molar refractivity (Wildman–Crippen MR) is 80.4 cm³/mol. The molecule has 1 aliphatic heterocycles. The van der Waals surface area contributed by atoms with E-state index in [-0.39, 0.29) is 11.9 Å². The molecule has 8 heteroatoms. The van der Waals surface area contributed by atoms with Gasteiger partial charge in [-0.1, -0.05) is 11.2 Å². The molecule has 0 radical (unpaired) electrons. The van der Waals surface area contributed by atoms with Crippen molar-refractivity contribution in [3.63, 3.8) is 0 Å². The number of carbonyl (C=O) groups excluding carboxylic acids is 1. The maximum atomic E-state index is 11.1. The van der Waals surface area contributed by atoms with Gasteiger partial charge in [-0.3, -0.25) is 9.69 Å². The van der Waals surface area contributed by atoms with Gasteiger partial charge in [-0.15, -0.1) is 0 Å². The molecule has 2 N–H and O–H groups in total. The van der Waals surface area contributed by atoms with E-state index in [0.29, 0.717) is 12.4 Å². The first-order valence-electron chi connectivity index (χ1n) is 7.51. The molecule has 1 aliphatic rings. The molecule has 0 unspecified atom stereocenters. The summed E-state index contributed by atoms with van der Waals surface area (Å²) in [7, 11) is 0. The van der Waals surface area contributed by atoms with E-state index in [1.165, 1.54) is 0 Å². The fourth-order valence-electron chi connectivity index (χ4n) is 3.04.